The monoisotopic (exact) mass is 303 g/mol. The fraction of sp³-hybridized carbons (Fsp3) is 0.786. The second kappa shape index (κ2) is 9.33. The molecule has 0 bridgehead atoms. The molecule has 0 aromatic rings. The Balaban J connectivity index is 4.65. The summed E-state index contributed by atoms with van der Waals surface area (Å²) in [4.78, 5) is 34.3. The van der Waals surface area contributed by atoms with Gasteiger partial charge in [0.25, 0.3) is 0 Å². The van der Waals surface area contributed by atoms with E-state index in [1.165, 1.54) is 6.92 Å². The van der Waals surface area contributed by atoms with Crippen molar-refractivity contribution in [1.82, 2.24) is 5.32 Å². The van der Waals surface area contributed by atoms with Crippen molar-refractivity contribution < 1.29 is 29.3 Å². The summed E-state index contributed by atoms with van der Waals surface area (Å²) in [5.74, 6) is -3.06. The number of hydrogen-bond donors (Lipinski definition) is 3. The van der Waals surface area contributed by atoms with E-state index in [2.05, 4.69) is 5.32 Å². The van der Waals surface area contributed by atoms with Crippen molar-refractivity contribution in [2.45, 2.75) is 52.7 Å². The predicted octanol–water partition coefficient (Wildman–Crippen LogP) is 0.552. The van der Waals surface area contributed by atoms with Gasteiger partial charge in [0, 0.05) is 0 Å². The van der Waals surface area contributed by atoms with Gasteiger partial charge < -0.3 is 20.3 Å². The van der Waals surface area contributed by atoms with Gasteiger partial charge in [-0.15, -0.1) is 0 Å². The molecule has 0 aromatic carbocycles. The van der Waals surface area contributed by atoms with Gasteiger partial charge >= 0.3 is 11.9 Å². The van der Waals surface area contributed by atoms with Crippen molar-refractivity contribution in [2.24, 2.45) is 11.8 Å². The summed E-state index contributed by atoms with van der Waals surface area (Å²) < 4.78 is 4.75. The van der Waals surface area contributed by atoms with Crippen molar-refractivity contribution in [3.8, 4) is 0 Å². The zero-order valence-corrected chi connectivity index (χ0v) is 13.0. The van der Waals surface area contributed by atoms with E-state index < -0.39 is 35.9 Å². The standard InChI is InChI=1S/C14H25NO6/c1-5-21-11(17)7-9(4)12(14(19)20)15-13(18)10(16)6-8(2)3/h8-10,12,16H,5-7H2,1-4H3,(H,15,18)(H,19,20)/t9-,10-,12+/m0/s1. The minimum Gasteiger partial charge on any atom is -0.480 e. The number of nitrogens with one attached hydrogen (secondary N) is 1. The molecule has 122 valence electrons. The Morgan fingerprint density at radius 2 is 1.76 bits per heavy atom. The van der Waals surface area contributed by atoms with Gasteiger partial charge in [-0.25, -0.2) is 4.79 Å². The molecule has 3 N–H and O–H groups in total. The van der Waals surface area contributed by atoms with Crippen LogP contribution in [0.15, 0.2) is 0 Å². The fourth-order valence-electron chi connectivity index (χ4n) is 1.85. The fourth-order valence-corrected chi connectivity index (χ4v) is 1.85. The number of aliphatic hydroxyl groups excluding tert-OH is 1. The highest BCUT2D eigenvalue weighted by atomic mass is 16.5. The van der Waals surface area contributed by atoms with Crippen molar-refractivity contribution in [3.05, 3.63) is 0 Å². The van der Waals surface area contributed by atoms with Gasteiger partial charge in [0.2, 0.25) is 5.91 Å². The minimum absolute atomic E-state index is 0.103. The number of carbonyl (C=O) groups excluding carboxylic acids is 2. The Hall–Kier alpha value is -1.63. The molecule has 0 heterocycles. The number of aliphatic carboxylic acids is 1. The van der Waals surface area contributed by atoms with Gasteiger partial charge in [0.05, 0.1) is 13.0 Å². The van der Waals surface area contributed by atoms with Gasteiger partial charge in [0.1, 0.15) is 12.1 Å². The summed E-state index contributed by atoms with van der Waals surface area (Å²) in [7, 11) is 0. The van der Waals surface area contributed by atoms with Gasteiger partial charge in [-0.3, -0.25) is 9.59 Å². The second-order valence-corrected chi connectivity index (χ2v) is 5.46. The Bertz CT molecular complexity index is 368. The van der Waals surface area contributed by atoms with Crippen LogP contribution in [0, 0.1) is 11.8 Å². The molecular weight excluding hydrogens is 278 g/mol. The Morgan fingerprint density at radius 3 is 2.19 bits per heavy atom. The average Bonchev–Trinajstić information content (AvgIpc) is 2.34. The maximum Gasteiger partial charge on any atom is 0.326 e. The summed E-state index contributed by atoms with van der Waals surface area (Å²) in [6, 6.07) is -1.25. The first-order chi connectivity index (χ1) is 9.68. The first kappa shape index (κ1) is 19.4. The molecule has 0 spiro atoms. The summed E-state index contributed by atoms with van der Waals surface area (Å²) in [6.45, 7) is 7.08. The number of ether oxygens (including phenoxy) is 1. The van der Waals surface area contributed by atoms with Gasteiger partial charge in [0.15, 0.2) is 0 Å². The number of amides is 1. The second-order valence-electron chi connectivity index (χ2n) is 5.46. The van der Waals surface area contributed by atoms with Gasteiger partial charge in [-0.05, 0) is 25.2 Å². The molecule has 0 aliphatic carbocycles. The molecule has 21 heavy (non-hydrogen) atoms. The van der Waals surface area contributed by atoms with Gasteiger partial charge in [-0.1, -0.05) is 20.8 Å². The lowest BCUT2D eigenvalue weighted by Crippen LogP contribution is -2.49. The molecule has 0 saturated heterocycles. The summed E-state index contributed by atoms with van der Waals surface area (Å²) in [6.07, 6.45) is -1.14. The lowest BCUT2D eigenvalue weighted by Gasteiger charge is -2.22. The van der Waals surface area contributed by atoms with Crippen molar-refractivity contribution in [3.63, 3.8) is 0 Å². The third kappa shape index (κ3) is 7.65. The van der Waals surface area contributed by atoms with E-state index in [-0.39, 0.29) is 25.4 Å². The number of rotatable bonds is 9. The van der Waals surface area contributed by atoms with Gasteiger partial charge in [-0.2, -0.15) is 0 Å². The van der Waals surface area contributed by atoms with E-state index in [1.807, 2.05) is 13.8 Å². The lowest BCUT2D eigenvalue weighted by atomic mass is 9.97. The molecule has 0 rings (SSSR count). The minimum atomic E-state index is -1.26. The number of esters is 1. The number of hydrogen-bond acceptors (Lipinski definition) is 5. The lowest BCUT2D eigenvalue weighted by molar-refractivity contribution is -0.148. The molecule has 0 saturated carbocycles. The highest BCUT2D eigenvalue weighted by Gasteiger charge is 2.30. The zero-order valence-electron chi connectivity index (χ0n) is 13.0. The average molecular weight is 303 g/mol. The summed E-state index contributed by atoms with van der Waals surface area (Å²) in [5.41, 5.74) is 0. The third-order valence-electron chi connectivity index (χ3n) is 2.92. The molecule has 0 aliphatic rings. The zero-order chi connectivity index (χ0) is 16.6. The smallest absolute Gasteiger partial charge is 0.326 e. The number of carbonyl (C=O) groups is 3. The van der Waals surface area contributed by atoms with Crippen molar-refractivity contribution in [2.75, 3.05) is 6.61 Å². The van der Waals surface area contributed by atoms with Crippen molar-refractivity contribution in [1.29, 1.82) is 0 Å². The Morgan fingerprint density at radius 1 is 1.19 bits per heavy atom. The quantitative estimate of drug-likeness (QED) is 0.536. The van der Waals surface area contributed by atoms with E-state index in [9.17, 15) is 19.5 Å². The van der Waals surface area contributed by atoms with E-state index in [4.69, 9.17) is 9.84 Å². The maximum absolute atomic E-state index is 11.8. The summed E-state index contributed by atoms with van der Waals surface area (Å²) >= 11 is 0. The van der Waals surface area contributed by atoms with E-state index in [0.717, 1.165) is 0 Å². The Labute approximate surface area is 124 Å². The molecule has 1 amide bonds. The molecule has 7 heteroatoms. The van der Waals surface area contributed by atoms with Crippen LogP contribution in [0.25, 0.3) is 0 Å². The first-order valence-corrected chi connectivity index (χ1v) is 7.05. The maximum atomic E-state index is 11.8. The molecular formula is C14H25NO6. The largest absolute Gasteiger partial charge is 0.480 e. The molecule has 0 aliphatic heterocycles. The molecule has 0 unspecified atom stereocenters. The predicted molar refractivity (Wildman–Crippen MR) is 75.4 cm³/mol. The highest BCUT2D eigenvalue weighted by Crippen LogP contribution is 2.12. The Kier molecular flexibility index (Phi) is 8.61. The first-order valence-electron chi connectivity index (χ1n) is 7.05. The molecule has 0 fully saturated rings. The number of carboxylic acid groups (broad SMARTS) is 1. The van der Waals surface area contributed by atoms with E-state index >= 15 is 0 Å². The highest BCUT2D eigenvalue weighted by molar-refractivity contribution is 5.86. The SMILES string of the molecule is CCOC(=O)C[C@H](C)[C@@H](NC(=O)[C@@H](O)CC(C)C)C(=O)O. The molecule has 7 nitrogen and oxygen atoms in total. The van der Waals surface area contributed by atoms with Crippen LogP contribution < -0.4 is 5.32 Å². The van der Waals surface area contributed by atoms with Crippen LogP contribution in [0.5, 0.6) is 0 Å². The van der Waals surface area contributed by atoms with Crippen LogP contribution >= 0.6 is 0 Å². The molecule has 3 atom stereocenters. The number of carboxylic acids is 1. The van der Waals surface area contributed by atoms with Crippen molar-refractivity contribution >= 4 is 17.8 Å². The van der Waals surface area contributed by atoms with E-state index in [0.29, 0.717) is 0 Å². The normalized spacial score (nSPS) is 15.1. The molecule has 0 radical (unpaired) electrons. The number of aliphatic hydroxyl groups is 1. The van der Waals surface area contributed by atoms with Crippen LogP contribution in [0.2, 0.25) is 0 Å². The topological polar surface area (TPSA) is 113 Å². The van der Waals surface area contributed by atoms with E-state index in [1.54, 1.807) is 6.92 Å². The van der Waals surface area contributed by atoms with Crippen LogP contribution in [0.3, 0.4) is 0 Å². The molecule has 0 aromatic heterocycles. The van der Waals surface area contributed by atoms with Crippen LogP contribution in [-0.2, 0) is 19.1 Å². The van der Waals surface area contributed by atoms with Crippen LogP contribution in [-0.4, -0.2) is 46.8 Å². The van der Waals surface area contributed by atoms with Crippen LogP contribution in [0.1, 0.15) is 40.5 Å². The third-order valence-corrected chi connectivity index (χ3v) is 2.92. The van der Waals surface area contributed by atoms with Crippen LogP contribution in [0.4, 0.5) is 0 Å². The summed E-state index contributed by atoms with van der Waals surface area (Å²) in [5, 5.41) is 21.1.